The van der Waals surface area contributed by atoms with Gasteiger partial charge in [0.25, 0.3) is 5.69 Å². The number of aliphatic hydroxyl groups is 1. The van der Waals surface area contributed by atoms with E-state index in [-0.39, 0.29) is 30.6 Å². The molecule has 21 heavy (non-hydrogen) atoms. The van der Waals surface area contributed by atoms with Gasteiger partial charge in [0.1, 0.15) is 18.5 Å². The Morgan fingerprint density at radius 3 is 2.24 bits per heavy atom. The maximum absolute atomic E-state index is 10.5. The minimum atomic E-state index is -0.968. The molecule has 0 aliphatic heterocycles. The van der Waals surface area contributed by atoms with Crippen LogP contribution in [0.2, 0.25) is 0 Å². The maximum Gasteiger partial charge on any atom is 0.269 e. The molecular formula is C13H14N2O6. The number of aromatic nitrogens is 1. The van der Waals surface area contributed by atoms with Crippen LogP contribution in [0.1, 0.15) is 0 Å². The average Bonchev–Trinajstić information content (AvgIpc) is 2.77. The monoisotopic (exact) mass is 294 g/mol. The molecule has 1 heterocycles. The second-order valence-corrected chi connectivity index (χ2v) is 4.38. The number of ether oxygens (including phenoxy) is 1. The van der Waals surface area contributed by atoms with Crippen molar-refractivity contribution in [2.24, 2.45) is 0 Å². The average molecular weight is 294 g/mol. The first-order chi connectivity index (χ1) is 9.97. The van der Waals surface area contributed by atoms with Crippen LogP contribution in [0.15, 0.2) is 36.4 Å². The molecule has 0 amide bonds. The Morgan fingerprint density at radius 1 is 1.14 bits per heavy atom. The number of rotatable bonds is 6. The van der Waals surface area contributed by atoms with Crippen LogP contribution in [0, 0.1) is 10.1 Å². The summed E-state index contributed by atoms with van der Waals surface area (Å²) in [6.07, 6.45) is -0.968. The van der Waals surface area contributed by atoms with Gasteiger partial charge in [0.15, 0.2) is 11.8 Å². The summed E-state index contributed by atoms with van der Waals surface area (Å²) in [5, 5.41) is 39.2. The Bertz CT molecular complexity index is 603. The Labute approximate surface area is 119 Å². The van der Waals surface area contributed by atoms with E-state index in [4.69, 9.17) is 4.74 Å². The van der Waals surface area contributed by atoms with E-state index < -0.39 is 11.0 Å². The summed E-state index contributed by atoms with van der Waals surface area (Å²) in [5.74, 6) is 0.0457. The number of hydrogen-bond acceptors (Lipinski definition) is 6. The molecule has 8 heteroatoms. The fourth-order valence-corrected chi connectivity index (χ4v) is 1.75. The third-order valence-electron chi connectivity index (χ3n) is 2.82. The van der Waals surface area contributed by atoms with Gasteiger partial charge < -0.3 is 20.1 Å². The molecule has 2 aromatic rings. The molecule has 1 unspecified atom stereocenters. The van der Waals surface area contributed by atoms with E-state index in [0.29, 0.717) is 5.75 Å². The molecular weight excluding hydrogens is 280 g/mol. The molecule has 0 aliphatic carbocycles. The highest BCUT2D eigenvalue weighted by molar-refractivity contribution is 5.36. The van der Waals surface area contributed by atoms with Crippen LogP contribution in [-0.2, 0) is 6.54 Å². The Kier molecular flexibility index (Phi) is 4.29. The summed E-state index contributed by atoms with van der Waals surface area (Å²) in [6.45, 7) is -0.132. The van der Waals surface area contributed by atoms with Gasteiger partial charge in [-0.3, -0.25) is 14.7 Å². The van der Waals surface area contributed by atoms with Gasteiger partial charge in [-0.25, -0.2) is 0 Å². The molecule has 1 aromatic heterocycles. The molecule has 0 bridgehead atoms. The molecule has 0 radical (unpaired) electrons. The van der Waals surface area contributed by atoms with E-state index >= 15 is 0 Å². The molecule has 0 spiro atoms. The number of nitro benzene ring substituents is 1. The smallest absolute Gasteiger partial charge is 0.269 e. The van der Waals surface area contributed by atoms with Crippen LogP contribution in [-0.4, -0.2) is 37.5 Å². The van der Waals surface area contributed by atoms with E-state index in [0.717, 1.165) is 4.57 Å². The van der Waals surface area contributed by atoms with E-state index in [1.54, 1.807) is 0 Å². The van der Waals surface area contributed by atoms with Gasteiger partial charge in [0.05, 0.1) is 11.5 Å². The van der Waals surface area contributed by atoms with Crippen LogP contribution in [0.4, 0.5) is 5.69 Å². The molecule has 0 saturated carbocycles. The predicted molar refractivity (Wildman–Crippen MR) is 72.4 cm³/mol. The summed E-state index contributed by atoms with van der Waals surface area (Å²) in [7, 11) is 0. The van der Waals surface area contributed by atoms with Crippen molar-refractivity contribution in [2.45, 2.75) is 12.6 Å². The number of hydrogen-bond donors (Lipinski definition) is 3. The number of nitro groups is 1. The van der Waals surface area contributed by atoms with Crippen molar-refractivity contribution in [3.63, 3.8) is 0 Å². The Balaban J connectivity index is 1.89. The highest BCUT2D eigenvalue weighted by atomic mass is 16.6. The van der Waals surface area contributed by atoms with Gasteiger partial charge in [-0.1, -0.05) is 0 Å². The van der Waals surface area contributed by atoms with Crippen LogP contribution >= 0.6 is 0 Å². The number of aliphatic hydroxyl groups excluding tert-OH is 1. The van der Waals surface area contributed by atoms with Crippen LogP contribution < -0.4 is 4.74 Å². The normalized spacial score (nSPS) is 12.0. The van der Waals surface area contributed by atoms with Gasteiger partial charge >= 0.3 is 0 Å². The van der Waals surface area contributed by atoms with Crippen molar-refractivity contribution in [1.29, 1.82) is 0 Å². The minimum absolute atomic E-state index is 0.0440. The van der Waals surface area contributed by atoms with E-state index in [1.807, 2.05) is 0 Å². The maximum atomic E-state index is 10.5. The highest BCUT2D eigenvalue weighted by Crippen LogP contribution is 2.22. The highest BCUT2D eigenvalue weighted by Gasteiger charge is 2.12. The lowest BCUT2D eigenvalue weighted by molar-refractivity contribution is -0.384. The predicted octanol–water partition coefficient (Wildman–Crippen LogP) is 1.25. The quantitative estimate of drug-likeness (QED) is 0.545. The first kappa shape index (κ1) is 14.7. The molecule has 8 nitrogen and oxygen atoms in total. The second kappa shape index (κ2) is 6.14. The number of non-ortho nitro benzene ring substituents is 1. The topological polar surface area (TPSA) is 118 Å². The zero-order valence-electron chi connectivity index (χ0n) is 10.9. The molecule has 0 saturated heterocycles. The molecule has 0 aliphatic rings. The van der Waals surface area contributed by atoms with Gasteiger partial charge in [0.2, 0.25) is 0 Å². The largest absolute Gasteiger partial charge is 0.494 e. The SMILES string of the molecule is O=[N+]([O-])c1ccc(OCC(O)Cn2c(O)ccc2O)cc1. The van der Waals surface area contributed by atoms with Crippen LogP contribution in [0.3, 0.4) is 0 Å². The fraction of sp³-hybridized carbons (Fsp3) is 0.231. The summed E-state index contributed by atoms with van der Waals surface area (Å²) in [5.41, 5.74) is -0.0508. The Hall–Kier alpha value is -2.74. The van der Waals surface area contributed by atoms with Crippen molar-refractivity contribution >= 4 is 5.69 Å². The molecule has 3 N–H and O–H groups in total. The van der Waals surface area contributed by atoms with Gasteiger partial charge in [-0.2, -0.15) is 0 Å². The minimum Gasteiger partial charge on any atom is -0.494 e. The summed E-state index contributed by atoms with van der Waals surface area (Å²) < 4.78 is 6.41. The Morgan fingerprint density at radius 2 is 1.71 bits per heavy atom. The molecule has 2 rings (SSSR count). The third kappa shape index (κ3) is 3.63. The van der Waals surface area contributed by atoms with E-state index in [2.05, 4.69) is 0 Å². The van der Waals surface area contributed by atoms with Crippen molar-refractivity contribution in [1.82, 2.24) is 4.57 Å². The van der Waals surface area contributed by atoms with Crippen molar-refractivity contribution < 1.29 is 25.0 Å². The standard InChI is InChI=1S/C13H14N2O6/c16-10(7-14-12(17)5-6-13(14)18)8-21-11-3-1-9(2-4-11)15(19)20/h1-6,10,16-18H,7-8H2. The van der Waals surface area contributed by atoms with Crippen molar-refractivity contribution in [3.8, 4) is 17.5 Å². The summed E-state index contributed by atoms with van der Waals surface area (Å²) >= 11 is 0. The second-order valence-electron chi connectivity index (χ2n) is 4.38. The van der Waals surface area contributed by atoms with Crippen molar-refractivity contribution in [2.75, 3.05) is 6.61 Å². The lowest BCUT2D eigenvalue weighted by atomic mass is 10.3. The summed E-state index contributed by atoms with van der Waals surface area (Å²) in [4.78, 5) is 9.98. The zero-order chi connectivity index (χ0) is 15.4. The van der Waals surface area contributed by atoms with Gasteiger partial charge in [-0.05, 0) is 12.1 Å². The first-order valence-electron chi connectivity index (χ1n) is 6.10. The van der Waals surface area contributed by atoms with Gasteiger partial charge in [0, 0.05) is 24.3 Å². The van der Waals surface area contributed by atoms with Crippen LogP contribution in [0.5, 0.6) is 17.5 Å². The van der Waals surface area contributed by atoms with Gasteiger partial charge in [-0.15, -0.1) is 0 Å². The zero-order valence-corrected chi connectivity index (χ0v) is 10.9. The summed E-state index contributed by atoms with van der Waals surface area (Å²) in [6, 6.07) is 8.06. The fourth-order valence-electron chi connectivity index (χ4n) is 1.75. The lowest BCUT2D eigenvalue weighted by Gasteiger charge is -2.14. The molecule has 1 aromatic carbocycles. The number of aromatic hydroxyl groups is 2. The number of benzene rings is 1. The lowest BCUT2D eigenvalue weighted by Crippen LogP contribution is -2.23. The molecule has 0 fully saturated rings. The van der Waals surface area contributed by atoms with E-state index in [9.17, 15) is 25.4 Å². The number of nitrogens with zero attached hydrogens (tertiary/aromatic N) is 2. The molecule has 1 atom stereocenters. The van der Waals surface area contributed by atoms with Crippen molar-refractivity contribution in [3.05, 3.63) is 46.5 Å². The molecule has 112 valence electrons. The third-order valence-corrected chi connectivity index (χ3v) is 2.82. The first-order valence-corrected chi connectivity index (χ1v) is 6.10. The van der Waals surface area contributed by atoms with E-state index in [1.165, 1.54) is 36.4 Å². The van der Waals surface area contributed by atoms with Crippen LogP contribution in [0.25, 0.3) is 0 Å².